The maximum Gasteiger partial charge on any atom is 0.245 e. The van der Waals surface area contributed by atoms with Gasteiger partial charge in [-0.2, -0.15) is 0 Å². The normalized spacial score (nSPS) is 38.4. The summed E-state index contributed by atoms with van der Waals surface area (Å²) >= 11 is 0. The minimum Gasteiger partial charge on any atom is -0.379 e. The van der Waals surface area contributed by atoms with Crippen LogP contribution in [0.5, 0.6) is 0 Å². The van der Waals surface area contributed by atoms with Crippen molar-refractivity contribution in [1.82, 2.24) is 4.90 Å². The van der Waals surface area contributed by atoms with E-state index < -0.39 is 5.54 Å². The van der Waals surface area contributed by atoms with E-state index >= 15 is 0 Å². The van der Waals surface area contributed by atoms with E-state index in [4.69, 9.17) is 15.2 Å². The molecule has 5 heteroatoms. The molecule has 2 atom stereocenters. The molecule has 5 nitrogen and oxygen atoms in total. The molecule has 2 heterocycles. The van der Waals surface area contributed by atoms with Crippen molar-refractivity contribution in [2.24, 2.45) is 5.73 Å². The largest absolute Gasteiger partial charge is 0.379 e. The Hall–Kier alpha value is -0.650. The molecule has 0 aromatic rings. The number of methoxy groups -OCH3 is 1. The molecule has 2 N–H and O–H groups in total. The summed E-state index contributed by atoms with van der Waals surface area (Å²) in [7, 11) is 1.70. The molecule has 2 rings (SSSR count). The second-order valence-corrected chi connectivity index (χ2v) is 5.44. The Labute approximate surface area is 102 Å². The van der Waals surface area contributed by atoms with Gasteiger partial charge >= 0.3 is 0 Å². The average Bonchev–Trinajstić information content (AvgIpc) is 2.76. The van der Waals surface area contributed by atoms with Gasteiger partial charge in [0.2, 0.25) is 5.91 Å². The summed E-state index contributed by atoms with van der Waals surface area (Å²) in [4.78, 5) is 14.2. The molecular weight excluding hydrogens is 220 g/mol. The summed E-state index contributed by atoms with van der Waals surface area (Å²) in [5.41, 5.74) is 5.06. The van der Waals surface area contributed by atoms with Crippen LogP contribution in [0.15, 0.2) is 0 Å². The van der Waals surface area contributed by atoms with Crippen molar-refractivity contribution in [3.05, 3.63) is 0 Å². The topological polar surface area (TPSA) is 64.8 Å². The minimum atomic E-state index is -0.814. The van der Waals surface area contributed by atoms with Gasteiger partial charge in [-0.05, 0) is 26.2 Å². The zero-order valence-electron chi connectivity index (χ0n) is 10.7. The fraction of sp³-hybridized carbons (Fsp3) is 0.917. The van der Waals surface area contributed by atoms with Gasteiger partial charge in [-0.3, -0.25) is 4.79 Å². The number of likely N-dealkylation sites (tertiary alicyclic amines) is 1. The SMILES string of the molecule is COC1(C)CCCN(C(=O)C2(N)CCOC2)C1. The van der Waals surface area contributed by atoms with Crippen LogP contribution in [0.2, 0.25) is 0 Å². The fourth-order valence-electron chi connectivity index (χ4n) is 2.61. The number of amides is 1. The van der Waals surface area contributed by atoms with Gasteiger partial charge in [0.05, 0.1) is 12.2 Å². The van der Waals surface area contributed by atoms with E-state index in [2.05, 4.69) is 0 Å². The van der Waals surface area contributed by atoms with Crippen LogP contribution in [0, 0.1) is 0 Å². The molecule has 1 amide bonds. The molecule has 2 saturated heterocycles. The molecule has 0 bridgehead atoms. The van der Waals surface area contributed by atoms with Gasteiger partial charge in [0.1, 0.15) is 5.54 Å². The molecule has 2 aliphatic heterocycles. The molecule has 17 heavy (non-hydrogen) atoms. The third-order valence-corrected chi connectivity index (χ3v) is 3.92. The van der Waals surface area contributed by atoms with Crippen LogP contribution in [0.1, 0.15) is 26.2 Å². The number of rotatable bonds is 2. The lowest BCUT2D eigenvalue weighted by molar-refractivity contribution is -0.144. The fourth-order valence-corrected chi connectivity index (χ4v) is 2.61. The van der Waals surface area contributed by atoms with Crippen molar-refractivity contribution in [2.45, 2.75) is 37.3 Å². The summed E-state index contributed by atoms with van der Waals surface area (Å²) in [5, 5.41) is 0. The van der Waals surface area contributed by atoms with Crippen LogP contribution in [0.4, 0.5) is 0 Å². The highest BCUT2D eigenvalue weighted by Gasteiger charge is 2.43. The zero-order valence-corrected chi connectivity index (χ0v) is 10.7. The Kier molecular flexibility index (Phi) is 3.43. The van der Waals surface area contributed by atoms with E-state index in [1.807, 2.05) is 11.8 Å². The standard InChI is InChI=1S/C12H22N2O3/c1-11(16-2)4-3-6-14(8-11)10(15)12(13)5-7-17-9-12/h3-9,13H2,1-2H3. The Bertz CT molecular complexity index is 302. The van der Waals surface area contributed by atoms with Gasteiger partial charge in [-0.25, -0.2) is 0 Å². The molecule has 0 aromatic heterocycles. The molecule has 2 fully saturated rings. The van der Waals surface area contributed by atoms with E-state index in [0.717, 1.165) is 19.4 Å². The maximum absolute atomic E-state index is 12.4. The number of nitrogens with zero attached hydrogens (tertiary/aromatic N) is 1. The molecule has 0 aromatic carbocycles. The second kappa shape index (κ2) is 4.55. The molecule has 0 saturated carbocycles. The summed E-state index contributed by atoms with van der Waals surface area (Å²) < 4.78 is 10.7. The average molecular weight is 242 g/mol. The van der Waals surface area contributed by atoms with Gasteiger partial charge in [0.25, 0.3) is 0 Å². The Morgan fingerprint density at radius 1 is 1.47 bits per heavy atom. The Balaban J connectivity index is 2.04. The van der Waals surface area contributed by atoms with Crippen molar-refractivity contribution < 1.29 is 14.3 Å². The number of hydrogen-bond donors (Lipinski definition) is 1. The minimum absolute atomic E-state index is 0.0120. The van der Waals surface area contributed by atoms with E-state index in [1.54, 1.807) is 7.11 Å². The van der Waals surface area contributed by atoms with Gasteiger partial charge in [-0.1, -0.05) is 0 Å². The lowest BCUT2D eigenvalue weighted by Gasteiger charge is -2.41. The van der Waals surface area contributed by atoms with Gasteiger partial charge < -0.3 is 20.1 Å². The summed E-state index contributed by atoms with van der Waals surface area (Å²) in [6, 6.07) is 0. The first kappa shape index (κ1) is 12.8. The van der Waals surface area contributed by atoms with Crippen LogP contribution in [-0.2, 0) is 14.3 Å². The Morgan fingerprint density at radius 2 is 2.24 bits per heavy atom. The van der Waals surface area contributed by atoms with Crippen molar-refractivity contribution in [2.75, 3.05) is 33.4 Å². The monoisotopic (exact) mass is 242 g/mol. The number of carbonyl (C=O) groups excluding carboxylic acids is 1. The lowest BCUT2D eigenvalue weighted by Crippen LogP contribution is -2.60. The summed E-state index contributed by atoms with van der Waals surface area (Å²) in [5.74, 6) is 0.0120. The van der Waals surface area contributed by atoms with Crippen LogP contribution >= 0.6 is 0 Å². The van der Waals surface area contributed by atoms with Crippen LogP contribution in [0.3, 0.4) is 0 Å². The molecular formula is C12H22N2O3. The van der Waals surface area contributed by atoms with Crippen LogP contribution < -0.4 is 5.73 Å². The number of piperidine rings is 1. The van der Waals surface area contributed by atoms with Crippen LogP contribution in [-0.4, -0.2) is 55.4 Å². The summed E-state index contributed by atoms with van der Waals surface area (Å²) in [6.07, 6.45) is 2.57. The lowest BCUT2D eigenvalue weighted by atomic mass is 9.91. The first-order valence-electron chi connectivity index (χ1n) is 6.20. The second-order valence-electron chi connectivity index (χ2n) is 5.44. The number of hydrogen-bond acceptors (Lipinski definition) is 4. The van der Waals surface area contributed by atoms with Crippen molar-refractivity contribution in [1.29, 1.82) is 0 Å². The molecule has 2 aliphatic rings. The highest BCUT2D eigenvalue weighted by Crippen LogP contribution is 2.27. The van der Waals surface area contributed by atoms with Crippen molar-refractivity contribution in [3.63, 3.8) is 0 Å². The third kappa shape index (κ3) is 2.46. The number of nitrogens with two attached hydrogens (primary N) is 1. The first-order chi connectivity index (χ1) is 7.99. The third-order valence-electron chi connectivity index (χ3n) is 3.92. The van der Waals surface area contributed by atoms with Crippen molar-refractivity contribution in [3.8, 4) is 0 Å². The quantitative estimate of drug-likeness (QED) is 0.747. The van der Waals surface area contributed by atoms with E-state index in [9.17, 15) is 4.79 Å². The van der Waals surface area contributed by atoms with E-state index in [-0.39, 0.29) is 11.5 Å². The number of carbonyl (C=O) groups is 1. The molecule has 0 radical (unpaired) electrons. The smallest absolute Gasteiger partial charge is 0.245 e. The Morgan fingerprint density at radius 3 is 2.82 bits per heavy atom. The molecule has 0 spiro atoms. The molecule has 98 valence electrons. The number of ether oxygens (including phenoxy) is 2. The predicted octanol–water partition coefficient (Wildman–Crippen LogP) is 0.132. The van der Waals surface area contributed by atoms with E-state index in [0.29, 0.717) is 26.2 Å². The summed E-state index contributed by atoms with van der Waals surface area (Å²) in [6.45, 7) is 4.36. The highest BCUT2D eigenvalue weighted by molar-refractivity contribution is 5.86. The van der Waals surface area contributed by atoms with Gasteiger partial charge in [0.15, 0.2) is 0 Å². The van der Waals surface area contributed by atoms with Gasteiger partial charge in [0, 0.05) is 26.8 Å². The predicted molar refractivity (Wildman–Crippen MR) is 63.6 cm³/mol. The van der Waals surface area contributed by atoms with Gasteiger partial charge in [-0.15, -0.1) is 0 Å². The first-order valence-corrected chi connectivity index (χ1v) is 6.20. The van der Waals surface area contributed by atoms with Crippen molar-refractivity contribution >= 4 is 5.91 Å². The van der Waals surface area contributed by atoms with Crippen LogP contribution in [0.25, 0.3) is 0 Å². The zero-order chi connectivity index (χ0) is 12.5. The highest BCUT2D eigenvalue weighted by atomic mass is 16.5. The molecule has 0 aliphatic carbocycles. The van der Waals surface area contributed by atoms with E-state index in [1.165, 1.54) is 0 Å². The molecule has 2 unspecified atom stereocenters. The maximum atomic E-state index is 12.4.